The monoisotopic (exact) mass is 1500 g/mol. The summed E-state index contributed by atoms with van der Waals surface area (Å²) < 4.78 is 128. The summed E-state index contributed by atoms with van der Waals surface area (Å²) in [4.78, 5) is 0. The van der Waals surface area contributed by atoms with Crippen LogP contribution in [0.25, 0.3) is 0 Å². The summed E-state index contributed by atoms with van der Waals surface area (Å²) in [5.41, 5.74) is 17.5. The molecule has 0 aromatic carbocycles. The number of hydrogen-bond acceptors (Lipinski definition) is 20. The first kappa shape index (κ1) is 88.6. The van der Waals surface area contributed by atoms with E-state index in [1.165, 1.54) is 57.8 Å². The number of hydrogen-bond donors (Lipinski definition) is 9. The zero-order valence-corrected chi connectivity index (χ0v) is 68.5. The van der Waals surface area contributed by atoms with Gasteiger partial charge in [-0.15, -0.1) is 0 Å². The number of unbranched alkanes of at least 4 members (excludes halogenated alkanes) is 2. The van der Waals surface area contributed by atoms with Crippen molar-refractivity contribution in [1.29, 1.82) is 0 Å². The van der Waals surface area contributed by atoms with Crippen LogP contribution in [0.15, 0.2) is 0 Å². The first-order valence-electron chi connectivity index (χ1n) is 39.3. The molecule has 0 saturated heterocycles. The molecule has 8 aliphatic carbocycles. The highest BCUT2D eigenvalue weighted by Crippen LogP contribution is 2.73. The molecule has 8 aliphatic rings. The highest BCUT2D eigenvalue weighted by molar-refractivity contribution is 7.81. The Morgan fingerprint density at radius 3 is 1.51 bits per heavy atom. The van der Waals surface area contributed by atoms with E-state index < -0.39 is 48.7 Å². The molecule has 0 bridgehead atoms. The van der Waals surface area contributed by atoms with Gasteiger partial charge in [-0.1, -0.05) is 96.4 Å². The maximum Gasteiger partial charge on any atom is 0.483 e. The van der Waals surface area contributed by atoms with Crippen molar-refractivity contribution < 1.29 is 70.9 Å². The molecule has 0 heterocycles. The number of phosphoric ester groups is 2. The predicted molar refractivity (Wildman–Crippen MR) is 399 cm³/mol. The van der Waals surface area contributed by atoms with E-state index in [1.54, 1.807) is 0 Å². The lowest BCUT2D eigenvalue weighted by atomic mass is 9.38. The molecule has 14 unspecified atom stereocenters. The minimum Gasteiger partial charge on any atom is -0.393 e. The van der Waals surface area contributed by atoms with Crippen LogP contribution < -0.4 is 33.2 Å². The lowest BCUT2D eigenvalue weighted by Crippen LogP contribution is -2.63. The number of rotatable bonds is 36. The highest BCUT2D eigenvalue weighted by atomic mass is 32.3. The fourth-order valence-corrected chi connectivity index (χ4v) is 26.9. The van der Waals surface area contributed by atoms with E-state index in [2.05, 4.69) is 115 Å². The number of phosphoric acid groups is 2. The molecule has 0 radical (unpaired) electrons. The van der Waals surface area contributed by atoms with Gasteiger partial charge in [-0.05, 0) is 315 Å². The Labute approximate surface area is 607 Å². The number of aliphatic hydroxyl groups is 1. The standard InChI is InChI=1S/C66H123N5O9S2.C4H11N.C4H12O7P2/c1-40(2)58(80-82(76,77)78)35-53(45(7)50-19-21-51-60(50)43(5)33-54-61(51)44(6)36-63(9)37-47(70-31-15-28-68)23-25-65(54,63)11)46(8)57(79-81(73,74)75)22-17-41(3)49-18-20-52-59(49)42(4)34-55-62(52)56(72)39-64(10)38-48(24-26-66(55,64)12)71-32-16-30-69-29-14-13-27-67;1-2-3-4-5;1-7-12(5,8-2)11-13(6,9-3)10-4/h40-62,69-72H,13-39,67-68H2,1-12H3,(H,73,74,75)(H,76,77,78);2-5H2,1H3;1-4H3/t41-,42+,43+,44+,45+,46?,47-,48-,49?,50?,51?,52?,53?,54?,55?,56+,57?,58?,59?,60?,61?,62?,63-,64+,65+,66+;;/m0../s1. The van der Waals surface area contributed by atoms with Gasteiger partial charge in [0.05, 0.1) is 18.3 Å². The van der Waals surface area contributed by atoms with Crippen LogP contribution in [0.4, 0.5) is 0 Å². The van der Waals surface area contributed by atoms with E-state index in [-0.39, 0.29) is 63.3 Å². The van der Waals surface area contributed by atoms with Gasteiger partial charge in [0, 0.05) is 40.5 Å². The molecule has 8 rings (SSSR count). The van der Waals surface area contributed by atoms with Crippen LogP contribution in [0.3, 0.4) is 0 Å². The van der Waals surface area contributed by atoms with Crippen molar-refractivity contribution in [3.05, 3.63) is 0 Å². The molecule has 0 aromatic heterocycles. The van der Waals surface area contributed by atoms with E-state index >= 15 is 0 Å². The molecule has 26 heteroatoms. The van der Waals surface area contributed by atoms with Crippen LogP contribution in [-0.2, 0) is 60.7 Å². The van der Waals surface area contributed by atoms with Gasteiger partial charge in [0.25, 0.3) is 0 Å². The molecule has 0 amide bonds. The summed E-state index contributed by atoms with van der Waals surface area (Å²) in [6.07, 6.45) is 22.2. The second kappa shape index (κ2) is 38.4. The highest BCUT2D eigenvalue weighted by Gasteiger charge is 2.67. The summed E-state index contributed by atoms with van der Waals surface area (Å²) in [6, 6.07) is 1.02. The lowest BCUT2D eigenvalue weighted by Gasteiger charge is -2.67. The first-order chi connectivity index (χ1) is 46.9. The number of nitrogens with one attached hydrogen (secondary N) is 3. The summed E-state index contributed by atoms with van der Waals surface area (Å²) in [5, 5.41) is 23.8. The lowest BCUT2D eigenvalue weighted by molar-refractivity contribution is -0.198. The molecular weight excluding hydrogens is 1350 g/mol. The minimum atomic E-state index is -4.86. The van der Waals surface area contributed by atoms with Crippen molar-refractivity contribution in [2.75, 3.05) is 74.3 Å². The number of fused-ring (bicyclic) bond motifs is 10. The molecule has 0 spiro atoms. The Morgan fingerprint density at radius 1 is 0.550 bits per heavy atom. The minimum absolute atomic E-state index is 0.0581. The van der Waals surface area contributed by atoms with E-state index in [0.717, 1.165) is 145 Å². The van der Waals surface area contributed by atoms with Gasteiger partial charge < -0.3 is 38.3 Å². The Morgan fingerprint density at radius 2 is 1.02 bits per heavy atom. The third kappa shape index (κ3) is 21.6. The Balaban J connectivity index is 0.000000769. The molecule has 8 fully saturated rings. The second-order valence-electron chi connectivity index (χ2n) is 34.6. The van der Waals surface area contributed by atoms with Crippen LogP contribution in [-0.4, -0.2) is 136 Å². The van der Waals surface area contributed by atoms with E-state index in [4.69, 9.17) is 25.6 Å². The zero-order chi connectivity index (χ0) is 74.6. The van der Waals surface area contributed by atoms with Crippen molar-refractivity contribution in [3.63, 3.8) is 0 Å². The van der Waals surface area contributed by atoms with Gasteiger partial charge in [0.2, 0.25) is 0 Å². The number of nitrogens with two attached hydrogens (primary N) is 3. The fraction of sp³-hybridized carbons (Fsp3) is 1.00. The van der Waals surface area contributed by atoms with Gasteiger partial charge in [-0.2, -0.15) is 21.1 Å². The molecule has 0 aliphatic heterocycles. The molecule has 590 valence electrons. The van der Waals surface area contributed by atoms with Crippen LogP contribution in [0.5, 0.6) is 0 Å². The van der Waals surface area contributed by atoms with Gasteiger partial charge in [0.15, 0.2) is 0 Å². The molecule has 8 saturated carbocycles. The number of aliphatic hydroxyl groups excluding tert-OH is 1. The fourth-order valence-electron chi connectivity index (χ4n) is 23.4. The average molecular weight is 1500 g/mol. The van der Waals surface area contributed by atoms with Crippen molar-refractivity contribution in [3.8, 4) is 0 Å². The molecule has 22 nitrogen and oxygen atoms in total. The maximum absolute atomic E-state index is 13.1. The predicted octanol–water partition coefficient (Wildman–Crippen LogP) is 14.3. The smallest absolute Gasteiger partial charge is 0.393 e. The van der Waals surface area contributed by atoms with Gasteiger partial charge in [0.1, 0.15) is 0 Å². The second-order valence-corrected chi connectivity index (χ2v) is 40.6. The zero-order valence-electron chi connectivity index (χ0n) is 65.1. The molecule has 26 atom stereocenters. The Hall–Kier alpha value is -0.280. The summed E-state index contributed by atoms with van der Waals surface area (Å²) >= 11 is 0. The summed E-state index contributed by atoms with van der Waals surface area (Å²) in [7, 11) is -13.0. The third-order valence-electron chi connectivity index (χ3n) is 28.7. The van der Waals surface area contributed by atoms with Crippen molar-refractivity contribution in [1.82, 2.24) is 16.0 Å². The van der Waals surface area contributed by atoms with Crippen LogP contribution >= 0.6 is 15.6 Å². The third-order valence-corrected chi connectivity index (χ3v) is 33.1. The van der Waals surface area contributed by atoms with Gasteiger partial charge in [-0.25, -0.2) is 17.5 Å². The molecule has 0 aromatic rings. The quantitative estimate of drug-likeness (QED) is 0.0160. The topological polar surface area (TPSA) is 342 Å². The van der Waals surface area contributed by atoms with Gasteiger partial charge in [-0.3, -0.25) is 27.2 Å². The normalized spacial score (nSPS) is 37.7. The summed E-state index contributed by atoms with van der Waals surface area (Å²) in [6.45, 7) is 36.9. The van der Waals surface area contributed by atoms with E-state index in [1.807, 2.05) is 13.8 Å². The van der Waals surface area contributed by atoms with Crippen molar-refractivity contribution >= 4 is 36.4 Å². The SMILES string of the molecule is CC(C)C(CC(C(C)C(CC[C@H](C)C1CCC2C1[C@H](C)CC1C2[C@H](O)C[C@@]2(C)C[C@@H](NCCCNCCCCN)CC[C@]12C)OS(=O)(=O)O)[C@H](C)C1CCC2C1[C@H](C)CC1C2[C@H](C)C[C@@]2(C)C[C@@H](NCCCN)CC[C@]12C)OS(=O)(=O)O.CCCCN.COP(=O)(OC)OP(=O)(OC)OC. The average Bonchev–Trinajstić information content (AvgIpc) is 1.14. The van der Waals surface area contributed by atoms with Crippen LogP contribution in [0.1, 0.15) is 238 Å². The van der Waals surface area contributed by atoms with Crippen molar-refractivity contribution in [2.45, 2.75) is 268 Å². The summed E-state index contributed by atoms with van der Waals surface area (Å²) in [5.74, 6) is 5.87. The van der Waals surface area contributed by atoms with E-state index in [9.17, 15) is 40.2 Å². The van der Waals surface area contributed by atoms with Gasteiger partial charge >= 0.3 is 36.4 Å². The van der Waals surface area contributed by atoms with Crippen LogP contribution in [0, 0.1) is 128 Å². The van der Waals surface area contributed by atoms with Crippen molar-refractivity contribution in [2.24, 2.45) is 145 Å². The maximum atomic E-state index is 13.1. The Bertz CT molecular complexity index is 2760. The molecule has 100 heavy (non-hydrogen) atoms. The molecular formula is C74H146N6O16P2S2. The van der Waals surface area contributed by atoms with Crippen LogP contribution in [0.2, 0.25) is 0 Å². The van der Waals surface area contributed by atoms with E-state index in [0.29, 0.717) is 102 Å². The molecule has 12 N–H and O–H groups in total. The first-order valence-corrected chi connectivity index (χ1v) is 44.9. The Kier molecular flexibility index (Phi) is 34.0. The largest absolute Gasteiger partial charge is 0.483 e.